The Balaban J connectivity index is 2.22. The highest BCUT2D eigenvalue weighted by Gasteiger charge is 2.11. The number of amides is 1. The first-order valence-electron chi connectivity index (χ1n) is 6.32. The molecular formula is C15H18N2O. The van der Waals surface area contributed by atoms with Gasteiger partial charge in [-0.15, -0.1) is 0 Å². The van der Waals surface area contributed by atoms with Crippen LogP contribution < -0.4 is 0 Å². The van der Waals surface area contributed by atoms with Crippen molar-refractivity contribution in [3.63, 3.8) is 0 Å². The summed E-state index contributed by atoms with van der Waals surface area (Å²) in [5.74, 6) is 0.0432. The van der Waals surface area contributed by atoms with Gasteiger partial charge in [0.2, 0.25) is 0 Å². The minimum absolute atomic E-state index is 0.0432. The number of nitrogens with zero attached hydrogens (tertiary/aromatic N) is 2. The van der Waals surface area contributed by atoms with Crippen LogP contribution in [-0.2, 0) is 0 Å². The summed E-state index contributed by atoms with van der Waals surface area (Å²) in [6, 6.07) is 9.74. The number of fused-ring (bicyclic) bond motifs is 1. The molecule has 0 spiro atoms. The summed E-state index contributed by atoms with van der Waals surface area (Å²) < 4.78 is 0. The monoisotopic (exact) mass is 242 g/mol. The molecule has 0 N–H and O–H groups in total. The van der Waals surface area contributed by atoms with Crippen LogP contribution in [0.1, 0.15) is 30.1 Å². The Kier molecular flexibility index (Phi) is 3.92. The smallest absolute Gasteiger partial charge is 0.255 e. The van der Waals surface area contributed by atoms with Gasteiger partial charge in [-0.05, 0) is 18.6 Å². The first-order chi connectivity index (χ1) is 8.72. The molecule has 18 heavy (non-hydrogen) atoms. The van der Waals surface area contributed by atoms with Gasteiger partial charge in [0.1, 0.15) is 0 Å². The van der Waals surface area contributed by atoms with Crippen LogP contribution in [0.15, 0.2) is 36.5 Å². The van der Waals surface area contributed by atoms with E-state index in [4.69, 9.17) is 0 Å². The van der Waals surface area contributed by atoms with Crippen LogP contribution in [0, 0.1) is 0 Å². The van der Waals surface area contributed by atoms with Crippen molar-refractivity contribution < 1.29 is 4.79 Å². The number of carbonyl (C=O) groups excluding carboxylic acids is 1. The molecule has 0 saturated heterocycles. The maximum Gasteiger partial charge on any atom is 0.255 e. The fourth-order valence-electron chi connectivity index (χ4n) is 1.91. The molecule has 3 heteroatoms. The van der Waals surface area contributed by atoms with Gasteiger partial charge in [0.05, 0.1) is 11.1 Å². The van der Waals surface area contributed by atoms with Crippen molar-refractivity contribution in [2.45, 2.75) is 19.8 Å². The fraction of sp³-hybridized carbons (Fsp3) is 0.333. The summed E-state index contributed by atoms with van der Waals surface area (Å²) in [5.41, 5.74) is 1.58. The molecule has 1 heterocycles. The van der Waals surface area contributed by atoms with E-state index in [1.807, 2.05) is 37.4 Å². The van der Waals surface area contributed by atoms with Crippen molar-refractivity contribution in [3.05, 3.63) is 42.1 Å². The first kappa shape index (κ1) is 12.6. The molecular weight excluding hydrogens is 224 g/mol. The molecule has 0 unspecified atom stereocenters. The summed E-state index contributed by atoms with van der Waals surface area (Å²) in [7, 11) is 1.84. The van der Waals surface area contributed by atoms with Gasteiger partial charge in [0.25, 0.3) is 5.91 Å². The molecule has 0 radical (unpaired) electrons. The quantitative estimate of drug-likeness (QED) is 0.825. The normalized spacial score (nSPS) is 10.6. The minimum Gasteiger partial charge on any atom is -0.342 e. The molecule has 1 aromatic heterocycles. The van der Waals surface area contributed by atoms with E-state index in [9.17, 15) is 4.79 Å². The molecule has 2 rings (SSSR count). The highest BCUT2D eigenvalue weighted by Crippen LogP contribution is 2.14. The number of rotatable bonds is 4. The molecule has 0 aliphatic heterocycles. The highest BCUT2D eigenvalue weighted by atomic mass is 16.2. The molecule has 3 nitrogen and oxygen atoms in total. The van der Waals surface area contributed by atoms with Gasteiger partial charge in [-0.2, -0.15) is 0 Å². The van der Waals surface area contributed by atoms with Crippen LogP contribution in [0.2, 0.25) is 0 Å². The summed E-state index contributed by atoms with van der Waals surface area (Å²) >= 11 is 0. The molecule has 0 aliphatic carbocycles. The zero-order valence-corrected chi connectivity index (χ0v) is 10.9. The Labute approximate surface area is 107 Å². The molecule has 1 aromatic carbocycles. The Morgan fingerprint density at radius 3 is 2.89 bits per heavy atom. The number of aromatic nitrogens is 1. The molecule has 0 atom stereocenters. The van der Waals surface area contributed by atoms with Gasteiger partial charge < -0.3 is 4.90 Å². The summed E-state index contributed by atoms with van der Waals surface area (Å²) in [6.07, 6.45) is 3.78. The highest BCUT2D eigenvalue weighted by molar-refractivity contribution is 5.97. The number of hydrogen-bond acceptors (Lipinski definition) is 2. The molecule has 0 aliphatic rings. The van der Waals surface area contributed by atoms with Crippen molar-refractivity contribution in [2.75, 3.05) is 13.6 Å². The van der Waals surface area contributed by atoms with Gasteiger partial charge in [-0.1, -0.05) is 31.5 Å². The lowest BCUT2D eigenvalue weighted by molar-refractivity contribution is 0.0793. The van der Waals surface area contributed by atoms with Gasteiger partial charge in [-0.25, -0.2) is 0 Å². The van der Waals surface area contributed by atoms with E-state index in [-0.39, 0.29) is 5.91 Å². The number of hydrogen-bond donors (Lipinski definition) is 0. The summed E-state index contributed by atoms with van der Waals surface area (Å²) in [5, 5.41) is 1.01. The molecule has 0 saturated carbocycles. The van der Waals surface area contributed by atoms with Crippen molar-refractivity contribution >= 4 is 16.8 Å². The molecule has 0 bridgehead atoms. The molecule has 2 aromatic rings. The van der Waals surface area contributed by atoms with E-state index in [0.717, 1.165) is 30.3 Å². The maximum atomic E-state index is 12.2. The van der Waals surface area contributed by atoms with E-state index < -0.39 is 0 Å². The average molecular weight is 242 g/mol. The second kappa shape index (κ2) is 5.63. The first-order valence-corrected chi connectivity index (χ1v) is 6.32. The van der Waals surface area contributed by atoms with Crippen molar-refractivity contribution in [2.24, 2.45) is 0 Å². The van der Waals surface area contributed by atoms with Crippen molar-refractivity contribution in [3.8, 4) is 0 Å². The maximum absolute atomic E-state index is 12.2. The molecule has 0 fully saturated rings. The third kappa shape index (κ3) is 2.67. The average Bonchev–Trinajstić information content (AvgIpc) is 2.43. The van der Waals surface area contributed by atoms with Gasteiger partial charge in [0, 0.05) is 25.2 Å². The van der Waals surface area contributed by atoms with E-state index in [0.29, 0.717) is 5.56 Å². The van der Waals surface area contributed by atoms with Crippen molar-refractivity contribution in [1.29, 1.82) is 0 Å². The predicted molar refractivity (Wildman–Crippen MR) is 73.6 cm³/mol. The lowest BCUT2D eigenvalue weighted by Crippen LogP contribution is -2.27. The van der Waals surface area contributed by atoms with Crippen LogP contribution in [0.3, 0.4) is 0 Å². The number of benzene rings is 1. The third-order valence-corrected chi connectivity index (χ3v) is 3.03. The molecule has 94 valence electrons. The second-order valence-electron chi connectivity index (χ2n) is 4.50. The van der Waals surface area contributed by atoms with E-state index in [1.165, 1.54) is 0 Å². The fourth-order valence-corrected chi connectivity index (χ4v) is 1.91. The van der Waals surface area contributed by atoms with Gasteiger partial charge >= 0.3 is 0 Å². The van der Waals surface area contributed by atoms with Gasteiger partial charge in [0.15, 0.2) is 0 Å². The zero-order valence-electron chi connectivity index (χ0n) is 10.9. The van der Waals surface area contributed by atoms with E-state index >= 15 is 0 Å². The molecule has 1 amide bonds. The van der Waals surface area contributed by atoms with Crippen LogP contribution in [0.5, 0.6) is 0 Å². The van der Waals surface area contributed by atoms with Crippen LogP contribution in [0.4, 0.5) is 0 Å². The van der Waals surface area contributed by atoms with Crippen molar-refractivity contribution in [1.82, 2.24) is 9.88 Å². The van der Waals surface area contributed by atoms with Crippen LogP contribution in [0.25, 0.3) is 10.9 Å². The largest absolute Gasteiger partial charge is 0.342 e. The predicted octanol–water partition coefficient (Wildman–Crippen LogP) is 3.11. The van der Waals surface area contributed by atoms with E-state index in [1.54, 1.807) is 11.1 Å². The zero-order chi connectivity index (χ0) is 13.0. The lowest BCUT2D eigenvalue weighted by atomic mass is 10.1. The lowest BCUT2D eigenvalue weighted by Gasteiger charge is -2.16. The van der Waals surface area contributed by atoms with Gasteiger partial charge in [-0.3, -0.25) is 9.78 Å². The van der Waals surface area contributed by atoms with Crippen LogP contribution in [-0.4, -0.2) is 29.4 Å². The summed E-state index contributed by atoms with van der Waals surface area (Å²) in [6.45, 7) is 2.91. The van der Waals surface area contributed by atoms with Crippen LogP contribution >= 0.6 is 0 Å². The minimum atomic E-state index is 0.0432. The number of carbonyl (C=O) groups is 1. The summed E-state index contributed by atoms with van der Waals surface area (Å²) in [4.78, 5) is 18.3. The van der Waals surface area contributed by atoms with E-state index in [2.05, 4.69) is 11.9 Å². The number of pyridine rings is 1. The standard InChI is InChI=1S/C15H18N2O/c1-3-4-9-17(2)15(18)13-10-12-7-5-6-8-14(12)16-11-13/h5-8,10-11H,3-4,9H2,1-2H3. The number of para-hydroxylation sites is 1. The SMILES string of the molecule is CCCCN(C)C(=O)c1cnc2ccccc2c1. The topological polar surface area (TPSA) is 33.2 Å². The second-order valence-corrected chi connectivity index (χ2v) is 4.50. The Morgan fingerprint density at radius 1 is 1.33 bits per heavy atom. The Bertz CT molecular complexity index is 551. The number of unbranched alkanes of at least 4 members (excludes halogenated alkanes) is 1. The Hall–Kier alpha value is -1.90. The third-order valence-electron chi connectivity index (χ3n) is 3.03. The Morgan fingerprint density at radius 2 is 2.11 bits per heavy atom.